The van der Waals surface area contributed by atoms with Crippen molar-refractivity contribution < 1.29 is 0 Å². The summed E-state index contributed by atoms with van der Waals surface area (Å²) in [5.74, 6) is 0. The minimum atomic E-state index is 1.38. The zero-order valence-corrected chi connectivity index (χ0v) is 5.65. The first-order valence-corrected chi connectivity index (χ1v) is 2.44. The molecule has 0 aromatic rings. The molecule has 0 aliphatic heterocycles. The number of hydrogen-bond donors (Lipinski definition) is 1. The lowest BCUT2D eigenvalue weighted by molar-refractivity contribution is 1.36. The Balaban J connectivity index is 0. The van der Waals surface area contributed by atoms with Crippen LogP contribution in [0.15, 0.2) is 11.6 Å². The van der Waals surface area contributed by atoms with Gasteiger partial charge >= 0.3 is 0 Å². The van der Waals surface area contributed by atoms with Gasteiger partial charge in [-0.05, 0) is 27.8 Å². The molecule has 1 heteroatoms. The highest BCUT2D eigenvalue weighted by atomic mass is 14.4. The summed E-state index contributed by atoms with van der Waals surface area (Å²) in [6.07, 6.45) is 2.08. The van der Waals surface area contributed by atoms with Crippen LogP contribution in [0.25, 0.3) is 0 Å². The normalized spacial score (nSPS) is 5.86. The first-order valence-electron chi connectivity index (χ1n) is 2.44. The van der Waals surface area contributed by atoms with Gasteiger partial charge in [0.2, 0.25) is 0 Å². The van der Waals surface area contributed by atoms with Crippen molar-refractivity contribution in [2.45, 2.75) is 20.8 Å². The van der Waals surface area contributed by atoms with E-state index in [1.165, 1.54) is 12.6 Å². The topological polar surface area (TPSA) is 26.0 Å². The smallest absolute Gasteiger partial charge is 0.0195 e. The van der Waals surface area contributed by atoms with E-state index in [1.807, 2.05) is 6.92 Å². The van der Waals surface area contributed by atoms with Crippen molar-refractivity contribution in [3.63, 3.8) is 0 Å². The standard InChI is InChI=1S/C5H10.CH5N/c1-4-5(2)3;1-2/h4H,1-3H3;2H2,1H3. The fourth-order valence-corrected chi connectivity index (χ4v) is 0. The molecule has 0 unspecified atom stereocenters. The van der Waals surface area contributed by atoms with Gasteiger partial charge in [0.15, 0.2) is 0 Å². The lowest BCUT2D eigenvalue weighted by Gasteiger charge is -1.74. The molecule has 0 spiro atoms. The molecule has 0 amide bonds. The maximum atomic E-state index is 4.50. The fourth-order valence-electron chi connectivity index (χ4n) is 0. The fraction of sp³-hybridized carbons (Fsp3) is 0.667. The van der Waals surface area contributed by atoms with E-state index in [2.05, 4.69) is 25.7 Å². The number of rotatable bonds is 0. The van der Waals surface area contributed by atoms with Crippen molar-refractivity contribution in [1.29, 1.82) is 0 Å². The van der Waals surface area contributed by atoms with E-state index >= 15 is 0 Å². The maximum Gasteiger partial charge on any atom is -0.0195 e. The molecule has 0 bridgehead atoms. The average Bonchev–Trinajstić information content (AvgIpc) is 1.73. The SMILES string of the molecule is CC=C(C)C.CN. The van der Waals surface area contributed by atoms with Gasteiger partial charge in [0.05, 0.1) is 0 Å². The Morgan fingerprint density at radius 1 is 1.29 bits per heavy atom. The van der Waals surface area contributed by atoms with Crippen LogP contribution in [0.2, 0.25) is 0 Å². The van der Waals surface area contributed by atoms with Gasteiger partial charge in [0, 0.05) is 0 Å². The van der Waals surface area contributed by atoms with Gasteiger partial charge in [-0.25, -0.2) is 0 Å². The van der Waals surface area contributed by atoms with Gasteiger partial charge in [-0.1, -0.05) is 11.6 Å². The van der Waals surface area contributed by atoms with Gasteiger partial charge in [-0.2, -0.15) is 0 Å². The van der Waals surface area contributed by atoms with Crippen molar-refractivity contribution in [3.05, 3.63) is 11.6 Å². The molecule has 44 valence electrons. The van der Waals surface area contributed by atoms with Gasteiger partial charge in [0.1, 0.15) is 0 Å². The third kappa shape index (κ3) is 27.0. The summed E-state index contributed by atoms with van der Waals surface area (Å²) in [5.41, 5.74) is 5.88. The van der Waals surface area contributed by atoms with Crippen LogP contribution in [0.4, 0.5) is 0 Å². The lowest BCUT2D eigenvalue weighted by atomic mass is 10.3. The second-order valence-corrected chi connectivity index (χ2v) is 1.37. The summed E-state index contributed by atoms with van der Waals surface area (Å²) < 4.78 is 0. The first-order chi connectivity index (χ1) is 3.27. The molecular formula is C6H15N. The number of allylic oxidation sites excluding steroid dienone is 2. The third-order valence-electron chi connectivity index (χ3n) is 0.577. The largest absolute Gasteiger partial charge is 0.333 e. The molecule has 0 aromatic heterocycles. The molecule has 0 aliphatic rings. The van der Waals surface area contributed by atoms with E-state index in [4.69, 9.17) is 0 Å². The Kier molecular flexibility index (Phi) is 12.9. The van der Waals surface area contributed by atoms with E-state index in [9.17, 15) is 0 Å². The van der Waals surface area contributed by atoms with Crippen molar-refractivity contribution in [2.24, 2.45) is 5.73 Å². The highest BCUT2D eigenvalue weighted by molar-refractivity contribution is 4.88. The van der Waals surface area contributed by atoms with E-state index in [1.54, 1.807) is 0 Å². The Labute approximate surface area is 46.2 Å². The molecule has 1 nitrogen and oxygen atoms in total. The van der Waals surface area contributed by atoms with E-state index in [0.29, 0.717) is 0 Å². The molecule has 0 heterocycles. The summed E-state index contributed by atoms with van der Waals surface area (Å²) in [6.45, 7) is 6.20. The highest BCUT2D eigenvalue weighted by Gasteiger charge is 1.60. The average molecular weight is 101 g/mol. The predicted molar refractivity (Wildman–Crippen MR) is 35.2 cm³/mol. The number of hydrogen-bond acceptors (Lipinski definition) is 1. The molecule has 0 atom stereocenters. The van der Waals surface area contributed by atoms with E-state index in [-0.39, 0.29) is 0 Å². The van der Waals surface area contributed by atoms with Crippen molar-refractivity contribution in [1.82, 2.24) is 0 Å². The minimum absolute atomic E-state index is 1.38. The van der Waals surface area contributed by atoms with Crippen LogP contribution in [-0.4, -0.2) is 7.05 Å². The molecular weight excluding hydrogens is 86.1 g/mol. The van der Waals surface area contributed by atoms with Crippen LogP contribution in [0.1, 0.15) is 20.8 Å². The Hall–Kier alpha value is -0.300. The van der Waals surface area contributed by atoms with E-state index < -0.39 is 0 Å². The Morgan fingerprint density at radius 2 is 1.43 bits per heavy atom. The quantitative estimate of drug-likeness (QED) is 0.460. The van der Waals surface area contributed by atoms with Crippen LogP contribution in [0, 0.1) is 0 Å². The van der Waals surface area contributed by atoms with Crippen molar-refractivity contribution in [2.75, 3.05) is 7.05 Å². The zero-order chi connectivity index (χ0) is 6.28. The summed E-state index contributed by atoms with van der Waals surface area (Å²) in [7, 11) is 1.50. The molecule has 2 N–H and O–H groups in total. The minimum Gasteiger partial charge on any atom is -0.333 e. The van der Waals surface area contributed by atoms with Crippen molar-refractivity contribution >= 4 is 0 Å². The molecule has 0 aromatic carbocycles. The lowest BCUT2D eigenvalue weighted by Crippen LogP contribution is -1.69. The van der Waals surface area contributed by atoms with E-state index in [0.717, 1.165) is 0 Å². The molecule has 0 radical (unpaired) electrons. The molecule has 0 saturated heterocycles. The summed E-state index contributed by atoms with van der Waals surface area (Å²) in [4.78, 5) is 0. The van der Waals surface area contributed by atoms with Gasteiger partial charge in [-0.15, -0.1) is 0 Å². The predicted octanol–water partition coefficient (Wildman–Crippen LogP) is 1.55. The van der Waals surface area contributed by atoms with Crippen LogP contribution in [0.3, 0.4) is 0 Å². The first kappa shape index (κ1) is 9.85. The molecule has 0 aliphatic carbocycles. The summed E-state index contributed by atoms with van der Waals surface area (Å²) in [5, 5.41) is 0. The van der Waals surface area contributed by atoms with Crippen LogP contribution < -0.4 is 5.73 Å². The second-order valence-electron chi connectivity index (χ2n) is 1.37. The van der Waals surface area contributed by atoms with Crippen LogP contribution in [0.5, 0.6) is 0 Å². The Bertz CT molecular complexity index is 42.1. The number of nitrogens with two attached hydrogens (primary N) is 1. The summed E-state index contributed by atoms with van der Waals surface area (Å²) in [6, 6.07) is 0. The molecule has 7 heavy (non-hydrogen) atoms. The van der Waals surface area contributed by atoms with Gasteiger partial charge < -0.3 is 5.73 Å². The zero-order valence-electron chi connectivity index (χ0n) is 5.65. The molecule has 0 fully saturated rings. The highest BCUT2D eigenvalue weighted by Crippen LogP contribution is 1.82. The molecule has 0 saturated carbocycles. The van der Waals surface area contributed by atoms with Crippen LogP contribution in [-0.2, 0) is 0 Å². The Morgan fingerprint density at radius 3 is 1.43 bits per heavy atom. The van der Waals surface area contributed by atoms with Gasteiger partial charge in [-0.3, -0.25) is 0 Å². The monoisotopic (exact) mass is 101 g/mol. The van der Waals surface area contributed by atoms with Crippen molar-refractivity contribution in [3.8, 4) is 0 Å². The van der Waals surface area contributed by atoms with Crippen LogP contribution >= 0.6 is 0 Å². The van der Waals surface area contributed by atoms with Gasteiger partial charge in [0.25, 0.3) is 0 Å². The third-order valence-corrected chi connectivity index (χ3v) is 0.577. The summed E-state index contributed by atoms with van der Waals surface area (Å²) >= 11 is 0. The molecule has 0 rings (SSSR count). The maximum absolute atomic E-state index is 4.50. The second kappa shape index (κ2) is 9.20.